The van der Waals surface area contributed by atoms with Gasteiger partial charge in [0.1, 0.15) is 0 Å². The Morgan fingerprint density at radius 3 is 1.83 bits per heavy atom. The number of fused-ring (bicyclic) bond motifs is 5. The average molecular weight is 372 g/mol. The molecule has 3 heteroatoms. The molecule has 2 aromatic carbocycles. The predicted molar refractivity (Wildman–Crippen MR) is 77.4 cm³/mol. The first-order valence-electron chi connectivity index (χ1n) is 6.19. The zero-order chi connectivity index (χ0) is 12.4. The number of halogens is 1. The van der Waals surface area contributed by atoms with Gasteiger partial charge < -0.3 is 0 Å². The van der Waals surface area contributed by atoms with Crippen LogP contribution in [0.1, 0.15) is 11.1 Å². The SMILES string of the molecule is C[N+]12Cc3ccccc3[Te]1(Cl)c1ccccc1C2. The summed E-state index contributed by atoms with van der Waals surface area (Å²) in [6.07, 6.45) is 0. The van der Waals surface area contributed by atoms with Crippen molar-refractivity contribution in [3.05, 3.63) is 59.7 Å². The van der Waals surface area contributed by atoms with Crippen LogP contribution in [0.5, 0.6) is 0 Å². The van der Waals surface area contributed by atoms with Crippen molar-refractivity contribution in [2.75, 3.05) is 7.05 Å². The van der Waals surface area contributed by atoms with E-state index in [-0.39, 0.29) is 0 Å². The summed E-state index contributed by atoms with van der Waals surface area (Å²) < 4.78 is 4.02. The third-order valence-electron chi connectivity index (χ3n) is 4.15. The van der Waals surface area contributed by atoms with Gasteiger partial charge in [-0.15, -0.1) is 0 Å². The Bertz CT molecular complexity index is 603. The fourth-order valence-electron chi connectivity index (χ4n) is 3.34. The van der Waals surface area contributed by atoms with Crippen LogP contribution in [-0.4, -0.2) is 27.1 Å². The second kappa shape index (κ2) is 3.52. The van der Waals surface area contributed by atoms with E-state index >= 15 is 0 Å². The van der Waals surface area contributed by atoms with Gasteiger partial charge in [0.15, 0.2) is 0 Å². The van der Waals surface area contributed by atoms with Gasteiger partial charge in [0, 0.05) is 0 Å². The first-order valence-corrected chi connectivity index (χ1v) is 12.5. The third-order valence-corrected chi connectivity index (χ3v) is 18.4. The van der Waals surface area contributed by atoms with Crippen molar-refractivity contribution in [3.63, 3.8) is 0 Å². The summed E-state index contributed by atoms with van der Waals surface area (Å²) in [5.74, 6) is 0. The molecule has 92 valence electrons. The maximum absolute atomic E-state index is 7.33. The van der Waals surface area contributed by atoms with Gasteiger partial charge in [-0.2, -0.15) is 0 Å². The van der Waals surface area contributed by atoms with Gasteiger partial charge in [-0.05, 0) is 0 Å². The van der Waals surface area contributed by atoms with E-state index in [0.29, 0.717) is 0 Å². The van der Waals surface area contributed by atoms with Gasteiger partial charge in [0.2, 0.25) is 0 Å². The molecule has 0 bridgehead atoms. The van der Waals surface area contributed by atoms with E-state index < -0.39 is 17.3 Å². The minimum atomic E-state index is -2.74. The fourth-order valence-corrected chi connectivity index (χ4v) is 15.4. The van der Waals surface area contributed by atoms with E-state index in [9.17, 15) is 0 Å². The first kappa shape index (κ1) is 11.3. The molecule has 0 saturated carbocycles. The van der Waals surface area contributed by atoms with E-state index in [1.54, 1.807) is 0 Å². The summed E-state index contributed by atoms with van der Waals surface area (Å²) in [6, 6.07) is 17.6. The Balaban J connectivity index is 2.06. The van der Waals surface area contributed by atoms with E-state index in [1.807, 2.05) is 0 Å². The molecular formula is C15H15ClNTe+. The summed E-state index contributed by atoms with van der Waals surface area (Å²) in [5, 5.41) is 0. The van der Waals surface area contributed by atoms with E-state index in [2.05, 4.69) is 55.6 Å². The molecule has 0 radical (unpaired) electrons. The van der Waals surface area contributed by atoms with Crippen LogP contribution in [0.4, 0.5) is 0 Å². The molecule has 0 unspecified atom stereocenters. The number of benzene rings is 2. The molecule has 0 aromatic heterocycles. The number of hydrogen-bond acceptors (Lipinski definition) is 0. The van der Waals surface area contributed by atoms with Crippen molar-refractivity contribution < 1.29 is 2.73 Å². The van der Waals surface area contributed by atoms with Gasteiger partial charge in [0.25, 0.3) is 0 Å². The van der Waals surface area contributed by atoms with E-state index in [4.69, 9.17) is 8.96 Å². The van der Waals surface area contributed by atoms with Gasteiger partial charge in [0.05, 0.1) is 0 Å². The quantitative estimate of drug-likeness (QED) is 0.621. The number of nitrogens with zero attached hydrogens (tertiary/aromatic N) is 1. The molecule has 0 atom stereocenters. The molecule has 1 nitrogen and oxygen atoms in total. The topological polar surface area (TPSA) is 0 Å². The summed E-state index contributed by atoms with van der Waals surface area (Å²) >= 11 is -2.74. The molecule has 4 rings (SSSR count). The van der Waals surface area contributed by atoms with E-state index in [0.717, 1.165) is 15.8 Å². The van der Waals surface area contributed by atoms with Crippen molar-refractivity contribution >= 4 is 33.5 Å². The van der Waals surface area contributed by atoms with Crippen LogP contribution < -0.4 is 7.22 Å². The molecule has 0 aliphatic carbocycles. The average Bonchev–Trinajstić information content (AvgIpc) is 2.72. The predicted octanol–water partition coefficient (Wildman–Crippen LogP) is 1.96. The summed E-state index contributed by atoms with van der Waals surface area (Å²) in [4.78, 5) is 0. The Morgan fingerprint density at radius 2 is 1.33 bits per heavy atom. The van der Waals surface area contributed by atoms with Crippen molar-refractivity contribution in [1.29, 1.82) is 0 Å². The Hall–Kier alpha value is -0.520. The molecule has 0 amide bonds. The fraction of sp³-hybridized carbons (Fsp3) is 0.200. The maximum atomic E-state index is 7.33. The molecule has 2 heterocycles. The molecule has 0 fully saturated rings. The van der Waals surface area contributed by atoms with Crippen LogP contribution in [-0.2, 0) is 13.1 Å². The van der Waals surface area contributed by atoms with Gasteiger partial charge in [-0.3, -0.25) is 0 Å². The summed E-state index contributed by atoms with van der Waals surface area (Å²) in [7, 11) is 9.69. The number of rotatable bonds is 0. The standard InChI is InChI=1S/C15H15ClNTe/c1-17-10-12-6-2-4-8-14(12)18(17,16)15-9-5-3-7-13(15)11-17/h2-9H,10-11H2,1H3/q+1. The van der Waals surface area contributed by atoms with Crippen LogP contribution in [0.3, 0.4) is 0 Å². The van der Waals surface area contributed by atoms with Gasteiger partial charge in [-0.25, -0.2) is 0 Å². The second-order valence-electron chi connectivity index (χ2n) is 5.34. The van der Waals surface area contributed by atoms with Crippen LogP contribution in [0.2, 0.25) is 0 Å². The first-order chi connectivity index (χ1) is 8.65. The Morgan fingerprint density at radius 1 is 0.889 bits per heavy atom. The van der Waals surface area contributed by atoms with Crippen molar-refractivity contribution in [2.45, 2.75) is 13.1 Å². The molecule has 2 aliphatic rings. The zero-order valence-electron chi connectivity index (χ0n) is 10.3. The van der Waals surface area contributed by atoms with Crippen molar-refractivity contribution in [2.24, 2.45) is 0 Å². The minimum absolute atomic E-state index is 1.06. The second-order valence-corrected chi connectivity index (χ2v) is 16.3. The van der Waals surface area contributed by atoms with Gasteiger partial charge in [-0.1, -0.05) is 0 Å². The summed E-state index contributed by atoms with van der Waals surface area (Å²) in [5.41, 5.74) is 2.96. The molecule has 0 spiro atoms. The normalized spacial score (nSPS) is 35.4. The van der Waals surface area contributed by atoms with Gasteiger partial charge >= 0.3 is 116 Å². The Labute approximate surface area is 115 Å². The van der Waals surface area contributed by atoms with Crippen molar-refractivity contribution in [1.82, 2.24) is 0 Å². The van der Waals surface area contributed by atoms with Crippen LogP contribution in [0, 0.1) is 0 Å². The molecule has 2 aromatic rings. The monoisotopic (exact) mass is 374 g/mol. The molecule has 18 heavy (non-hydrogen) atoms. The number of hydrogen-bond donors (Lipinski definition) is 0. The van der Waals surface area contributed by atoms with Crippen LogP contribution in [0.15, 0.2) is 48.5 Å². The Kier molecular flexibility index (Phi) is 2.22. The molecule has 0 saturated heterocycles. The number of quaternary nitrogens is 1. The zero-order valence-corrected chi connectivity index (χ0v) is 13.4. The molecule has 0 N–H and O–H groups in total. The van der Waals surface area contributed by atoms with E-state index in [1.165, 1.54) is 18.3 Å². The molecule has 2 aliphatic heterocycles. The van der Waals surface area contributed by atoms with Crippen LogP contribution >= 0.6 is 8.96 Å². The molecular weight excluding hydrogens is 357 g/mol. The van der Waals surface area contributed by atoms with Crippen LogP contribution in [0.25, 0.3) is 0 Å². The third kappa shape index (κ3) is 1.18. The van der Waals surface area contributed by atoms with Crippen molar-refractivity contribution in [3.8, 4) is 0 Å². The summed E-state index contributed by atoms with van der Waals surface area (Å²) in [6.45, 7) is 2.21.